The highest BCUT2D eigenvalue weighted by Crippen LogP contribution is 2.23. The van der Waals surface area contributed by atoms with E-state index in [0.29, 0.717) is 0 Å². The number of aliphatic hydroxyl groups excluding tert-OH is 4. The van der Waals surface area contributed by atoms with Crippen LogP contribution in [0.25, 0.3) is 0 Å². The fourth-order valence-corrected chi connectivity index (χ4v) is 1.94. The third kappa shape index (κ3) is 4.14. The molecule has 1 aliphatic heterocycles. The van der Waals surface area contributed by atoms with E-state index in [4.69, 9.17) is 9.84 Å². The Morgan fingerprint density at radius 2 is 2.10 bits per heavy atom. The van der Waals surface area contributed by atoms with Crippen LogP contribution in [-0.4, -0.2) is 76.5 Å². The molecule has 0 bridgehead atoms. The van der Waals surface area contributed by atoms with Crippen molar-refractivity contribution in [3.8, 4) is 0 Å². The summed E-state index contributed by atoms with van der Waals surface area (Å²) < 4.78 is 9.64. The van der Waals surface area contributed by atoms with Gasteiger partial charge in [-0.25, -0.2) is 4.79 Å². The summed E-state index contributed by atoms with van der Waals surface area (Å²) >= 11 is 0. The van der Waals surface area contributed by atoms with Crippen molar-refractivity contribution >= 4 is 11.9 Å². The molecule has 120 valence electrons. The monoisotopic (exact) mass is 305 g/mol. The Kier molecular flexibility index (Phi) is 6.09. The van der Waals surface area contributed by atoms with Crippen LogP contribution in [0.1, 0.15) is 6.92 Å². The number of hydrogen-bond acceptors (Lipinski definition) is 8. The van der Waals surface area contributed by atoms with Crippen molar-refractivity contribution in [3.63, 3.8) is 0 Å². The summed E-state index contributed by atoms with van der Waals surface area (Å²) in [4.78, 5) is 22.6. The van der Waals surface area contributed by atoms with Crippen LogP contribution in [0.3, 0.4) is 0 Å². The number of amides is 1. The molecule has 3 unspecified atom stereocenters. The van der Waals surface area contributed by atoms with E-state index in [-0.39, 0.29) is 5.76 Å². The van der Waals surface area contributed by atoms with Gasteiger partial charge in [0.2, 0.25) is 11.7 Å². The number of methoxy groups -OCH3 is 1. The van der Waals surface area contributed by atoms with Crippen LogP contribution in [0.5, 0.6) is 0 Å². The van der Waals surface area contributed by atoms with Crippen LogP contribution in [0.2, 0.25) is 0 Å². The van der Waals surface area contributed by atoms with Gasteiger partial charge in [-0.1, -0.05) is 0 Å². The van der Waals surface area contributed by atoms with Crippen LogP contribution in [0, 0.1) is 0 Å². The second-order valence-electron chi connectivity index (χ2n) is 4.56. The van der Waals surface area contributed by atoms with Crippen molar-refractivity contribution in [2.24, 2.45) is 0 Å². The number of nitrogens with one attached hydrogen (secondary N) is 1. The molecule has 0 spiro atoms. The van der Waals surface area contributed by atoms with E-state index >= 15 is 0 Å². The van der Waals surface area contributed by atoms with Crippen LogP contribution >= 0.6 is 0 Å². The Labute approximate surface area is 120 Å². The number of ether oxygens (including phenoxy) is 2. The van der Waals surface area contributed by atoms with Gasteiger partial charge in [0, 0.05) is 6.92 Å². The van der Waals surface area contributed by atoms with Crippen LogP contribution < -0.4 is 5.32 Å². The molecule has 1 rings (SSSR count). The summed E-state index contributed by atoms with van der Waals surface area (Å²) in [6.45, 7) is 0.430. The minimum Gasteiger partial charge on any atom is -0.478 e. The average Bonchev–Trinajstić information content (AvgIpc) is 2.46. The predicted octanol–water partition coefficient (Wildman–Crippen LogP) is -2.98. The van der Waals surface area contributed by atoms with E-state index in [9.17, 15) is 24.9 Å². The molecule has 0 aliphatic carbocycles. The summed E-state index contributed by atoms with van der Waals surface area (Å²) in [5.41, 5.74) is 0. The molecule has 0 aromatic heterocycles. The molecule has 1 heterocycles. The largest absolute Gasteiger partial charge is 0.478 e. The van der Waals surface area contributed by atoms with E-state index in [0.717, 1.165) is 13.2 Å². The molecular weight excluding hydrogens is 286 g/mol. The SMILES string of the molecule is COC(=O)C1=CC(O)C(NC(C)=O)C([C@@H](O)[C@@H](O)CO)O1. The predicted molar refractivity (Wildman–Crippen MR) is 67.7 cm³/mol. The van der Waals surface area contributed by atoms with Crippen LogP contribution in [-0.2, 0) is 19.1 Å². The number of esters is 1. The lowest BCUT2D eigenvalue weighted by Crippen LogP contribution is -2.59. The summed E-state index contributed by atoms with van der Waals surface area (Å²) in [6, 6.07) is -1.10. The lowest BCUT2D eigenvalue weighted by molar-refractivity contribution is -0.152. The van der Waals surface area contributed by atoms with Crippen LogP contribution in [0.15, 0.2) is 11.8 Å². The Morgan fingerprint density at radius 1 is 1.48 bits per heavy atom. The van der Waals surface area contributed by atoms with Gasteiger partial charge >= 0.3 is 5.97 Å². The summed E-state index contributed by atoms with van der Waals surface area (Å²) in [5.74, 6) is -1.75. The van der Waals surface area contributed by atoms with Crippen molar-refractivity contribution in [1.29, 1.82) is 0 Å². The average molecular weight is 305 g/mol. The fraction of sp³-hybridized carbons (Fsp3) is 0.667. The first-order valence-corrected chi connectivity index (χ1v) is 6.20. The Balaban J connectivity index is 3.05. The second kappa shape index (κ2) is 7.36. The third-order valence-electron chi connectivity index (χ3n) is 2.98. The van der Waals surface area contributed by atoms with Gasteiger partial charge in [-0.2, -0.15) is 0 Å². The molecule has 0 aromatic rings. The normalized spacial score (nSPS) is 27.9. The van der Waals surface area contributed by atoms with Gasteiger partial charge in [-0.15, -0.1) is 0 Å². The van der Waals surface area contributed by atoms with Gasteiger partial charge < -0.3 is 35.2 Å². The molecule has 9 nitrogen and oxygen atoms in total. The molecule has 0 aromatic carbocycles. The van der Waals surface area contributed by atoms with E-state index < -0.39 is 48.9 Å². The Morgan fingerprint density at radius 3 is 2.57 bits per heavy atom. The van der Waals surface area contributed by atoms with Gasteiger partial charge in [0.1, 0.15) is 18.3 Å². The van der Waals surface area contributed by atoms with Gasteiger partial charge in [0.25, 0.3) is 0 Å². The fourth-order valence-electron chi connectivity index (χ4n) is 1.94. The van der Waals surface area contributed by atoms with Crippen LogP contribution in [0.4, 0.5) is 0 Å². The molecule has 5 N–H and O–H groups in total. The molecular formula is C12H19NO8. The smallest absolute Gasteiger partial charge is 0.373 e. The van der Waals surface area contributed by atoms with E-state index in [1.54, 1.807) is 0 Å². The molecule has 0 radical (unpaired) electrons. The van der Waals surface area contributed by atoms with Gasteiger partial charge in [0.15, 0.2) is 6.10 Å². The number of aliphatic hydroxyl groups is 4. The molecule has 0 saturated heterocycles. The first kappa shape index (κ1) is 17.4. The molecule has 1 aliphatic rings. The Bertz CT molecular complexity index is 423. The molecule has 21 heavy (non-hydrogen) atoms. The maximum atomic E-state index is 11.4. The zero-order valence-electron chi connectivity index (χ0n) is 11.6. The highest BCUT2D eigenvalue weighted by atomic mass is 16.6. The first-order chi connectivity index (χ1) is 9.81. The highest BCUT2D eigenvalue weighted by Gasteiger charge is 2.43. The second-order valence-corrected chi connectivity index (χ2v) is 4.56. The van der Waals surface area contributed by atoms with Crippen molar-refractivity contribution < 1.29 is 39.5 Å². The lowest BCUT2D eigenvalue weighted by Gasteiger charge is -2.38. The van der Waals surface area contributed by atoms with Crippen molar-refractivity contribution in [3.05, 3.63) is 11.8 Å². The zero-order chi connectivity index (χ0) is 16.2. The highest BCUT2D eigenvalue weighted by molar-refractivity contribution is 5.86. The minimum absolute atomic E-state index is 0.360. The summed E-state index contributed by atoms with van der Waals surface area (Å²) in [7, 11) is 1.10. The molecule has 1 amide bonds. The topological polar surface area (TPSA) is 146 Å². The van der Waals surface area contributed by atoms with Crippen molar-refractivity contribution in [1.82, 2.24) is 5.32 Å². The first-order valence-electron chi connectivity index (χ1n) is 6.20. The maximum absolute atomic E-state index is 11.4. The quantitative estimate of drug-likeness (QED) is 0.338. The Hall–Kier alpha value is -1.68. The van der Waals surface area contributed by atoms with E-state index in [1.165, 1.54) is 6.92 Å². The standard InChI is InChI=1S/C12H19NO8/c1-5(15)13-9-6(16)3-8(12(19)20-2)21-11(9)10(18)7(17)4-14/h3,6-7,9-11,14,16-18H,4H2,1-2H3,(H,13,15)/t6?,7-,9?,10-,11?/m0/s1. The zero-order valence-corrected chi connectivity index (χ0v) is 11.6. The molecule has 0 fully saturated rings. The maximum Gasteiger partial charge on any atom is 0.373 e. The lowest BCUT2D eigenvalue weighted by atomic mass is 9.94. The third-order valence-corrected chi connectivity index (χ3v) is 2.98. The van der Waals surface area contributed by atoms with Gasteiger partial charge in [-0.3, -0.25) is 4.79 Å². The molecule has 5 atom stereocenters. The summed E-state index contributed by atoms with van der Waals surface area (Å²) in [6.07, 6.45) is -4.88. The number of hydrogen-bond donors (Lipinski definition) is 5. The van der Waals surface area contributed by atoms with E-state index in [2.05, 4.69) is 10.1 Å². The number of carbonyl (C=O) groups is 2. The molecule has 9 heteroatoms. The number of carbonyl (C=O) groups excluding carboxylic acids is 2. The van der Waals surface area contributed by atoms with E-state index in [1.807, 2.05) is 0 Å². The summed E-state index contributed by atoms with van der Waals surface area (Å²) in [5, 5.41) is 40.6. The van der Waals surface area contributed by atoms with Gasteiger partial charge in [-0.05, 0) is 6.08 Å². The minimum atomic E-state index is -1.64. The van der Waals surface area contributed by atoms with Crippen molar-refractivity contribution in [2.45, 2.75) is 37.4 Å². The number of rotatable bonds is 5. The van der Waals surface area contributed by atoms with Crippen molar-refractivity contribution in [2.75, 3.05) is 13.7 Å². The van der Waals surface area contributed by atoms with Gasteiger partial charge in [0.05, 0.1) is 19.8 Å². The molecule has 0 saturated carbocycles.